The highest BCUT2D eigenvalue weighted by molar-refractivity contribution is 5.95. The van der Waals surface area contributed by atoms with E-state index in [1.54, 1.807) is 10.7 Å². The molecule has 2 aromatic heterocycles. The fourth-order valence-electron chi connectivity index (χ4n) is 3.78. The summed E-state index contributed by atoms with van der Waals surface area (Å²) in [6.07, 6.45) is 7.92. The smallest absolute Gasteiger partial charge is 0.251 e. The molecule has 0 atom stereocenters. The Bertz CT molecular complexity index is 1010. The third-order valence-electron chi connectivity index (χ3n) is 5.44. The van der Waals surface area contributed by atoms with Crippen LogP contribution < -0.4 is 10.1 Å². The van der Waals surface area contributed by atoms with Crippen LogP contribution in [0.15, 0.2) is 42.6 Å². The molecule has 7 nitrogen and oxygen atoms in total. The summed E-state index contributed by atoms with van der Waals surface area (Å²) in [6.45, 7) is 1.40. The molecule has 3 aromatic rings. The molecule has 1 aliphatic carbocycles. The second kappa shape index (κ2) is 9.26. The predicted octanol–water partition coefficient (Wildman–Crippen LogP) is 3.40. The molecule has 30 heavy (non-hydrogen) atoms. The van der Waals surface area contributed by atoms with Crippen molar-refractivity contribution in [3.8, 4) is 17.1 Å². The molecule has 0 aliphatic heterocycles. The van der Waals surface area contributed by atoms with Crippen LogP contribution in [-0.4, -0.2) is 58.7 Å². The molecular formula is C23H29N5O2. The average Bonchev–Trinajstić information content (AvgIpc) is 3.17. The summed E-state index contributed by atoms with van der Waals surface area (Å²) in [5, 5.41) is 7.63. The first-order valence-corrected chi connectivity index (χ1v) is 10.6. The monoisotopic (exact) mass is 407 g/mol. The molecule has 7 heteroatoms. The highest BCUT2D eigenvalue weighted by Gasteiger charge is 2.17. The fourth-order valence-corrected chi connectivity index (χ4v) is 3.78. The van der Waals surface area contributed by atoms with Crippen LogP contribution >= 0.6 is 0 Å². The lowest BCUT2D eigenvalue weighted by Gasteiger charge is -2.22. The second-order valence-electron chi connectivity index (χ2n) is 8.10. The molecule has 158 valence electrons. The first-order chi connectivity index (χ1) is 14.6. The minimum atomic E-state index is -0.0817. The van der Waals surface area contributed by atoms with Crippen LogP contribution in [0, 0.1) is 0 Å². The summed E-state index contributed by atoms with van der Waals surface area (Å²) in [5.74, 6) is 0.535. The number of hydrogen-bond acceptors (Lipinski definition) is 5. The van der Waals surface area contributed by atoms with Gasteiger partial charge in [0.05, 0.1) is 11.9 Å². The van der Waals surface area contributed by atoms with Crippen LogP contribution in [0.4, 0.5) is 0 Å². The van der Waals surface area contributed by atoms with Crippen molar-refractivity contribution in [3.63, 3.8) is 0 Å². The number of fused-ring (bicyclic) bond motifs is 1. The summed E-state index contributed by atoms with van der Waals surface area (Å²) in [6, 6.07) is 11.4. The third kappa shape index (κ3) is 4.79. The van der Waals surface area contributed by atoms with Gasteiger partial charge in [0.15, 0.2) is 5.65 Å². The first kappa shape index (κ1) is 20.3. The minimum Gasteiger partial charge on any atom is -0.473 e. The second-order valence-corrected chi connectivity index (χ2v) is 8.10. The number of likely N-dealkylation sites (N-methyl/N-ethyl adjacent to an activating group) is 1. The number of nitrogens with zero attached hydrogens (tertiary/aromatic N) is 4. The average molecular weight is 408 g/mol. The van der Waals surface area contributed by atoms with Crippen molar-refractivity contribution in [1.82, 2.24) is 24.8 Å². The lowest BCUT2D eigenvalue weighted by Crippen LogP contribution is -2.31. The minimum absolute atomic E-state index is 0.0817. The molecule has 0 spiro atoms. The molecule has 0 saturated heterocycles. The SMILES string of the molecule is CN(C)CCNC(=O)c1cccc(-c2cnc3ccc(OC4CCCCC4)nn23)c1. The molecule has 0 unspecified atom stereocenters. The quantitative estimate of drug-likeness (QED) is 0.650. The van der Waals surface area contributed by atoms with E-state index in [0.29, 0.717) is 18.0 Å². The maximum atomic E-state index is 12.5. The Morgan fingerprint density at radius 1 is 1.20 bits per heavy atom. The Morgan fingerprint density at radius 3 is 2.83 bits per heavy atom. The van der Waals surface area contributed by atoms with Crippen molar-refractivity contribution in [2.45, 2.75) is 38.2 Å². The molecule has 4 rings (SSSR count). The van der Waals surface area contributed by atoms with Gasteiger partial charge in [-0.3, -0.25) is 4.79 Å². The molecule has 1 saturated carbocycles. The van der Waals surface area contributed by atoms with Gasteiger partial charge in [0.25, 0.3) is 5.91 Å². The summed E-state index contributed by atoms with van der Waals surface area (Å²) < 4.78 is 7.91. The predicted molar refractivity (Wildman–Crippen MR) is 117 cm³/mol. The highest BCUT2D eigenvalue weighted by Crippen LogP contribution is 2.25. The molecular weight excluding hydrogens is 378 g/mol. The van der Waals surface area contributed by atoms with Gasteiger partial charge in [-0.05, 0) is 58.0 Å². The van der Waals surface area contributed by atoms with E-state index in [-0.39, 0.29) is 12.0 Å². The zero-order valence-electron chi connectivity index (χ0n) is 17.7. The topological polar surface area (TPSA) is 71.8 Å². The molecule has 1 N–H and O–H groups in total. The zero-order chi connectivity index (χ0) is 20.9. The van der Waals surface area contributed by atoms with Gasteiger partial charge in [0.2, 0.25) is 5.88 Å². The van der Waals surface area contributed by atoms with E-state index in [1.165, 1.54) is 19.3 Å². The maximum absolute atomic E-state index is 12.5. The Morgan fingerprint density at radius 2 is 2.03 bits per heavy atom. The molecule has 1 fully saturated rings. The Kier molecular flexibility index (Phi) is 6.28. The van der Waals surface area contributed by atoms with Gasteiger partial charge in [-0.1, -0.05) is 18.6 Å². The Labute approximate surface area is 177 Å². The van der Waals surface area contributed by atoms with Gasteiger partial charge < -0.3 is 15.0 Å². The number of aromatic nitrogens is 3. The van der Waals surface area contributed by atoms with E-state index in [2.05, 4.69) is 15.4 Å². The number of imidazole rings is 1. The van der Waals surface area contributed by atoms with Crippen LogP contribution in [0.1, 0.15) is 42.5 Å². The number of amides is 1. The maximum Gasteiger partial charge on any atom is 0.251 e. The number of carbonyl (C=O) groups excluding carboxylic acids is 1. The molecule has 2 heterocycles. The number of benzene rings is 1. The van der Waals surface area contributed by atoms with Crippen LogP contribution in [-0.2, 0) is 0 Å². The van der Waals surface area contributed by atoms with Gasteiger partial charge in [0, 0.05) is 30.3 Å². The number of rotatable bonds is 7. The molecule has 1 aliphatic rings. The van der Waals surface area contributed by atoms with E-state index in [0.717, 1.165) is 36.3 Å². The van der Waals surface area contributed by atoms with E-state index >= 15 is 0 Å². The molecule has 0 radical (unpaired) electrons. The Balaban J connectivity index is 1.55. The fraction of sp³-hybridized carbons (Fsp3) is 0.435. The van der Waals surface area contributed by atoms with Crippen molar-refractivity contribution in [2.75, 3.05) is 27.2 Å². The first-order valence-electron chi connectivity index (χ1n) is 10.6. The summed E-state index contributed by atoms with van der Waals surface area (Å²) in [4.78, 5) is 19.0. The molecule has 1 aromatic carbocycles. The highest BCUT2D eigenvalue weighted by atomic mass is 16.5. The normalized spacial score (nSPS) is 14.9. The van der Waals surface area contributed by atoms with Gasteiger partial charge in [-0.15, -0.1) is 5.10 Å². The summed E-state index contributed by atoms with van der Waals surface area (Å²) >= 11 is 0. The van der Waals surface area contributed by atoms with E-state index in [1.807, 2.05) is 55.4 Å². The van der Waals surface area contributed by atoms with Crippen LogP contribution in [0.5, 0.6) is 5.88 Å². The standard InChI is InChI=1S/C23H29N5O2/c1-27(2)14-13-24-23(29)18-8-6-7-17(15-18)20-16-25-21-11-12-22(26-28(20)21)30-19-9-4-3-5-10-19/h6-8,11-12,15-16,19H,3-5,9-10,13-14H2,1-2H3,(H,24,29). The lowest BCUT2D eigenvalue weighted by molar-refractivity contribution is 0.0951. The van der Waals surface area contributed by atoms with Gasteiger partial charge in [-0.25, -0.2) is 9.50 Å². The summed E-state index contributed by atoms with van der Waals surface area (Å²) in [5.41, 5.74) is 3.10. The van der Waals surface area contributed by atoms with Crippen molar-refractivity contribution < 1.29 is 9.53 Å². The number of carbonyl (C=O) groups is 1. The van der Waals surface area contributed by atoms with Crippen LogP contribution in [0.3, 0.4) is 0 Å². The van der Waals surface area contributed by atoms with Crippen molar-refractivity contribution in [1.29, 1.82) is 0 Å². The van der Waals surface area contributed by atoms with Crippen LogP contribution in [0.25, 0.3) is 16.9 Å². The number of ether oxygens (including phenoxy) is 1. The van der Waals surface area contributed by atoms with E-state index in [9.17, 15) is 4.79 Å². The largest absolute Gasteiger partial charge is 0.473 e. The van der Waals surface area contributed by atoms with Crippen LogP contribution in [0.2, 0.25) is 0 Å². The zero-order valence-corrected chi connectivity index (χ0v) is 17.7. The molecule has 0 bridgehead atoms. The lowest BCUT2D eigenvalue weighted by atomic mass is 9.98. The van der Waals surface area contributed by atoms with E-state index in [4.69, 9.17) is 4.74 Å². The molecule has 1 amide bonds. The number of nitrogens with one attached hydrogen (secondary N) is 1. The van der Waals surface area contributed by atoms with Gasteiger partial charge in [-0.2, -0.15) is 0 Å². The van der Waals surface area contributed by atoms with E-state index < -0.39 is 0 Å². The number of hydrogen-bond donors (Lipinski definition) is 1. The summed E-state index contributed by atoms with van der Waals surface area (Å²) in [7, 11) is 3.97. The van der Waals surface area contributed by atoms with Crippen molar-refractivity contribution >= 4 is 11.6 Å². The van der Waals surface area contributed by atoms with Crippen molar-refractivity contribution in [3.05, 3.63) is 48.2 Å². The van der Waals surface area contributed by atoms with Gasteiger partial charge >= 0.3 is 0 Å². The van der Waals surface area contributed by atoms with Crippen molar-refractivity contribution in [2.24, 2.45) is 0 Å². The van der Waals surface area contributed by atoms with Gasteiger partial charge in [0.1, 0.15) is 6.10 Å². The Hall–Kier alpha value is -2.93. The third-order valence-corrected chi connectivity index (χ3v) is 5.44.